The smallest absolute Gasteiger partial charge is 0.120 e. The summed E-state index contributed by atoms with van der Waals surface area (Å²) in [6.45, 7) is 2.16. The Morgan fingerprint density at radius 2 is 1.89 bits per heavy atom. The third kappa shape index (κ3) is 2.34. The quantitative estimate of drug-likeness (QED) is 0.878. The molecule has 1 aromatic carbocycles. The molecule has 1 aromatic heterocycles. The minimum Gasteiger partial charge on any atom is -0.468 e. The maximum absolute atomic E-state index is 5.41. The lowest BCUT2D eigenvalue weighted by Gasteiger charge is -2.37. The summed E-state index contributed by atoms with van der Waals surface area (Å²) in [5.41, 5.74) is 1.47. The van der Waals surface area contributed by atoms with Gasteiger partial charge in [-0.3, -0.25) is 0 Å². The summed E-state index contributed by atoms with van der Waals surface area (Å²) in [6.07, 6.45) is 4.20. The van der Waals surface area contributed by atoms with Gasteiger partial charge in [0.25, 0.3) is 0 Å². The van der Waals surface area contributed by atoms with Gasteiger partial charge in [0.2, 0.25) is 0 Å². The highest BCUT2D eigenvalue weighted by molar-refractivity contribution is 5.23. The third-order valence-electron chi connectivity index (χ3n) is 3.86. The van der Waals surface area contributed by atoms with E-state index in [0.29, 0.717) is 12.1 Å². The molecule has 1 fully saturated rings. The van der Waals surface area contributed by atoms with Gasteiger partial charge in [0.15, 0.2) is 0 Å². The molecular formula is C16H19NO. The number of nitrogens with one attached hydrogen (secondary N) is 1. The molecule has 1 aliphatic rings. The van der Waals surface area contributed by atoms with E-state index >= 15 is 0 Å². The molecule has 1 heterocycles. The maximum Gasteiger partial charge on any atom is 0.120 e. The standard InChI is InChI=1S/C16H19NO/c1-12(16-8-5-9-18-16)17-15-10-14(11-15)13-6-3-2-4-7-13/h2-9,12,14-15,17H,10-11H2,1H3/t12-,14?,15?/m1/s1. The van der Waals surface area contributed by atoms with E-state index in [2.05, 4.69) is 42.6 Å². The minimum absolute atomic E-state index is 0.307. The Morgan fingerprint density at radius 1 is 1.11 bits per heavy atom. The minimum atomic E-state index is 0.307. The van der Waals surface area contributed by atoms with Crippen molar-refractivity contribution < 1.29 is 4.42 Å². The van der Waals surface area contributed by atoms with E-state index in [0.717, 1.165) is 11.7 Å². The Kier molecular flexibility index (Phi) is 3.20. The Labute approximate surface area is 108 Å². The molecule has 3 rings (SSSR count). The highest BCUT2D eigenvalue weighted by Crippen LogP contribution is 2.37. The van der Waals surface area contributed by atoms with Gasteiger partial charge in [-0.25, -0.2) is 0 Å². The Hall–Kier alpha value is -1.54. The van der Waals surface area contributed by atoms with Gasteiger partial charge in [-0.05, 0) is 43.4 Å². The molecule has 1 saturated carbocycles. The van der Waals surface area contributed by atoms with E-state index in [9.17, 15) is 0 Å². The Balaban J connectivity index is 1.51. The third-order valence-corrected chi connectivity index (χ3v) is 3.86. The van der Waals surface area contributed by atoms with E-state index in [-0.39, 0.29) is 0 Å². The van der Waals surface area contributed by atoms with Crippen molar-refractivity contribution in [3.8, 4) is 0 Å². The monoisotopic (exact) mass is 241 g/mol. The van der Waals surface area contributed by atoms with Crippen molar-refractivity contribution in [3.63, 3.8) is 0 Å². The molecule has 1 aliphatic carbocycles. The lowest BCUT2D eigenvalue weighted by Crippen LogP contribution is -2.41. The SMILES string of the molecule is C[C@@H](NC1CC(c2ccccc2)C1)c1ccco1. The number of benzene rings is 1. The summed E-state index contributed by atoms with van der Waals surface area (Å²) < 4.78 is 5.41. The van der Waals surface area contributed by atoms with E-state index in [1.54, 1.807) is 6.26 Å². The van der Waals surface area contributed by atoms with Crippen LogP contribution in [0.1, 0.15) is 43.0 Å². The maximum atomic E-state index is 5.41. The zero-order chi connectivity index (χ0) is 12.4. The van der Waals surface area contributed by atoms with Crippen molar-refractivity contribution in [2.45, 2.75) is 37.8 Å². The summed E-state index contributed by atoms with van der Waals surface area (Å²) in [6, 6.07) is 15.7. The van der Waals surface area contributed by atoms with Gasteiger partial charge in [0.1, 0.15) is 5.76 Å². The summed E-state index contributed by atoms with van der Waals surface area (Å²) in [5, 5.41) is 3.62. The first-order chi connectivity index (χ1) is 8.83. The summed E-state index contributed by atoms with van der Waals surface area (Å²) >= 11 is 0. The predicted octanol–water partition coefficient (Wildman–Crippen LogP) is 3.88. The predicted molar refractivity (Wildman–Crippen MR) is 72.5 cm³/mol. The molecular weight excluding hydrogens is 222 g/mol. The average molecular weight is 241 g/mol. The Morgan fingerprint density at radius 3 is 2.56 bits per heavy atom. The molecule has 18 heavy (non-hydrogen) atoms. The first-order valence-electron chi connectivity index (χ1n) is 6.67. The van der Waals surface area contributed by atoms with Gasteiger partial charge in [-0.15, -0.1) is 0 Å². The number of hydrogen-bond donors (Lipinski definition) is 1. The highest BCUT2D eigenvalue weighted by atomic mass is 16.3. The molecule has 0 saturated heterocycles. The second-order valence-electron chi connectivity index (χ2n) is 5.18. The molecule has 2 heteroatoms. The van der Waals surface area contributed by atoms with Gasteiger partial charge in [0.05, 0.1) is 12.3 Å². The van der Waals surface area contributed by atoms with Crippen LogP contribution in [0.15, 0.2) is 53.1 Å². The summed E-state index contributed by atoms with van der Waals surface area (Å²) in [7, 11) is 0. The summed E-state index contributed by atoms with van der Waals surface area (Å²) in [4.78, 5) is 0. The van der Waals surface area contributed by atoms with Crippen LogP contribution >= 0.6 is 0 Å². The fourth-order valence-corrected chi connectivity index (χ4v) is 2.72. The fraction of sp³-hybridized carbons (Fsp3) is 0.375. The first kappa shape index (κ1) is 11.5. The molecule has 0 unspecified atom stereocenters. The van der Waals surface area contributed by atoms with Crippen LogP contribution in [0.2, 0.25) is 0 Å². The topological polar surface area (TPSA) is 25.2 Å². The van der Waals surface area contributed by atoms with Crippen LogP contribution < -0.4 is 5.32 Å². The zero-order valence-corrected chi connectivity index (χ0v) is 10.7. The highest BCUT2D eigenvalue weighted by Gasteiger charge is 2.31. The van der Waals surface area contributed by atoms with Gasteiger partial charge < -0.3 is 9.73 Å². The molecule has 1 atom stereocenters. The van der Waals surface area contributed by atoms with Crippen LogP contribution in [-0.2, 0) is 0 Å². The molecule has 94 valence electrons. The average Bonchev–Trinajstić information content (AvgIpc) is 2.88. The van der Waals surface area contributed by atoms with E-state index < -0.39 is 0 Å². The van der Waals surface area contributed by atoms with E-state index in [1.165, 1.54) is 18.4 Å². The molecule has 0 aliphatic heterocycles. The van der Waals surface area contributed by atoms with Crippen LogP contribution in [0.25, 0.3) is 0 Å². The van der Waals surface area contributed by atoms with Crippen LogP contribution in [-0.4, -0.2) is 6.04 Å². The van der Waals surface area contributed by atoms with Crippen LogP contribution in [0, 0.1) is 0 Å². The van der Waals surface area contributed by atoms with E-state index in [1.807, 2.05) is 12.1 Å². The number of furan rings is 1. The molecule has 0 amide bonds. The molecule has 2 aromatic rings. The van der Waals surface area contributed by atoms with Crippen molar-refractivity contribution >= 4 is 0 Å². The lowest BCUT2D eigenvalue weighted by molar-refractivity contribution is 0.258. The normalized spacial score (nSPS) is 24.5. The van der Waals surface area contributed by atoms with Crippen LogP contribution in [0.3, 0.4) is 0 Å². The van der Waals surface area contributed by atoms with Gasteiger partial charge in [-0.1, -0.05) is 30.3 Å². The van der Waals surface area contributed by atoms with Crippen molar-refractivity contribution in [1.82, 2.24) is 5.32 Å². The number of hydrogen-bond acceptors (Lipinski definition) is 2. The van der Waals surface area contributed by atoms with Crippen LogP contribution in [0.5, 0.6) is 0 Å². The second-order valence-corrected chi connectivity index (χ2v) is 5.18. The largest absolute Gasteiger partial charge is 0.468 e. The van der Waals surface area contributed by atoms with E-state index in [4.69, 9.17) is 4.42 Å². The molecule has 2 nitrogen and oxygen atoms in total. The first-order valence-corrected chi connectivity index (χ1v) is 6.67. The van der Waals surface area contributed by atoms with Crippen molar-refractivity contribution in [2.24, 2.45) is 0 Å². The molecule has 0 bridgehead atoms. The second kappa shape index (κ2) is 4.99. The van der Waals surface area contributed by atoms with Crippen molar-refractivity contribution in [3.05, 3.63) is 60.1 Å². The Bertz CT molecular complexity index is 471. The van der Waals surface area contributed by atoms with Gasteiger partial charge in [0, 0.05) is 6.04 Å². The van der Waals surface area contributed by atoms with Gasteiger partial charge >= 0.3 is 0 Å². The molecule has 0 spiro atoms. The zero-order valence-electron chi connectivity index (χ0n) is 10.7. The molecule has 1 N–H and O–H groups in total. The fourth-order valence-electron chi connectivity index (χ4n) is 2.72. The summed E-state index contributed by atoms with van der Waals surface area (Å²) in [5.74, 6) is 1.76. The van der Waals surface area contributed by atoms with Crippen LogP contribution in [0.4, 0.5) is 0 Å². The number of rotatable bonds is 4. The molecule has 0 radical (unpaired) electrons. The lowest BCUT2D eigenvalue weighted by atomic mass is 9.75. The van der Waals surface area contributed by atoms with Gasteiger partial charge in [-0.2, -0.15) is 0 Å². The van der Waals surface area contributed by atoms with Crippen molar-refractivity contribution in [1.29, 1.82) is 0 Å². The van der Waals surface area contributed by atoms with Crippen molar-refractivity contribution in [2.75, 3.05) is 0 Å².